The van der Waals surface area contributed by atoms with Crippen LogP contribution in [0.4, 0.5) is 0 Å². The summed E-state index contributed by atoms with van der Waals surface area (Å²) in [5.41, 5.74) is 2.34. The van der Waals surface area contributed by atoms with Crippen molar-refractivity contribution >= 4 is 11.6 Å². The van der Waals surface area contributed by atoms with E-state index in [1.54, 1.807) is 0 Å². The molecule has 1 fully saturated rings. The molecule has 2 unspecified atom stereocenters. The summed E-state index contributed by atoms with van der Waals surface area (Å²) >= 11 is 6.25. The number of benzene rings is 1. The van der Waals surface area contributed by atoms with Crippen LogP contribution < -0.4 is 0 Å². The average molecular weight is 254 g/mol. The van der Waals surface area contributed by atoms with Gasteiger partial charge in [0.05, 0.1) is 6.61 Å². The van der Waals surface area contributed by atoms with Crippen molar-refractivity contribution in [1.29, 1.82) is 0 Å². The monoisotopic (exact) mass is 253 g/mol. The molecule has 0 aliphatic carbocycles. The highest BCUT2D eigenvalue weighted by molar-refractivity contribution is 6.31. The highest BCUT2D eigenvalue weighted by atomic mass is 35.5. The molecule has 1 aromatic rings. The van der Waals surface area contributed by atoms with Gasteiger partial charge in [-0.05, 0) is 43.0 Å². The Morgan fingerprint density at radius 1 is 1.47 bits per heavy atom. The minimum Gasteiger partial charge on any atom is -0.395 e. The summed E-state index contributed by atoms with van der Waals surface area (Å²) in [6, 6.07) is 6.47. The molecule has 1 heterocycles. The second kappa shape index (κ2) is 5.38. The highest BCUT2D eigenvalue weighted by Gasteiger charge is 2.30. The first kappa shape index (κ1) is 12.9. The smallest absolute Gasteiger partial charge is 0.0589 e. The molecule has 0 saturated carbocycles. The molecule has 1 aliphatic rings. The zero-order valence-electron chi connectivity index (χ0n) is 10.5. The van der Waals surface area contributed by atoms with E-state index >= 15 is 0 Å². The molecule has 3 heteroatoms. The van der Waals surface area contributed by atoms with E-state index in [0.717, 1.165) is 30.1 Å². The van der Waals surface area contributed by atoms with E-state index in [0.29, 0.717) is 5.92 Å². The van der Waals surface area contributed by atoms with Crippen LogP contribution in [-0.4, -0.2) is 29.2 Å². The van der Waals surface area contributed by atoms with Gasteiger partial charge in [-0.25, -0.2) is 0 Å². The fourth-order valence-electron chi connectivity index (χ4n) is 2.58. The lowest BCUT2D eigenvalue weighted by molar-refractivity contribution is 0.134. The molecule has 0 spiro atoms. The number of aliphatic hydroxyl groups excluding tert-OH is 1. The lowest BCUT2D eigenvalue weighted by Crippen LogP contribution is -2.34. The minimum absolute atomic E-state index is 0.241. The van der Waals surface area contributed by atoms with Crippen LogP contribution in [0.5, 0.6) is 0 Å². The number of hydrogen-bond acceptors (Lipinski definition) is 2. The van der Waals surface area contributed by atoms with Gasteiger partial charge in [0, 0.05) is 17.6 Å². The number of hydrogen-bond donors (Lipinski definition) is 1. The van der Waals surface area contributed by atoms with E-state index in [-0.39, 0.29) is 12.6 Å². The molecule has 2 rings (SSSR count). The van der Waals surface area contributed by atoms with Crippen LogP contribution in [0.3, 0.4) is 0 Å². The van der Waals surface area contributed by atoms with Crippen LogP contribution in [0.25, 0.3) is 0 Å². The molecule has 0 amide bonds. The second-order valence-electron chi connectivity index (χ2n) is 5.08. The van der Waals surface area contributed by atoms with E-state index in [1.165, 1.54) is 5.56 Å². The first-order valence-corrected chi connectivity index (χ1v) is 6.59. The number of aliphatic hydroxyl groups is 1. The summed E-state index contributed by atoms with van der Waals surface area (Å²) in [6.07, 6.45) is 1.16. The maximum absolute atomic E-state index is 9.42. The number of rotatable bonds is 3. The molecule has 0 radical (unpaired) electrons. The SMILES string of the molecule is Cc1ccc(CN2CCC(C)C2CO)c(Cl)c1. The Hall–Kier alpha value is -0.570. The van der Waals surface area contributed by atoms with Crippen molar-refractivity contribution < 1.29 is 5.11 Å². The first-order valence-electron chi connectivity index (χ1n) is 6.21. The Morgan fingerprint density at radius 3 is 2.88 bits per heavy atom. The van der Waals surface area contributed by atoms with Crippen LogP contribution in [-0.2, 0) is 6.54 Å². The van der Waals surface area contributed by atoms with Gasteiger partial charge in [0.15, 0.2) is 0 Å². The average Bonchev–Trinajstić information content (AvgIpc) is 2.63. The summed E-state index contributed by atoms with van der Waals surface area (Å²) < 4.78 is 0. The fraction of sp³-hybridized carbons (Fsp3) is 0.571. The molecule has 1 N–H and O–H groups in total. The molecule has 1 aromatic carbocycles. The topological polar surface area (TPSA) is 23.5 Å². The van der Waals surface area contributed by atoms with Gasteiger partial charge in [-0.2, -0.15) is 0 Å². The summed E-state index contributed by atoms with van der Waals surface area (Å²) in [4.78, 5) is 2.33. The third kappa shape index (κ3) is 2.82. The maximum atomic E-state index is 9.42. The summed E-state index contributed by atoms with van der Waals surface area (Å²) in [6.45, 7) is 6.39. The lowest BCUT2D eigenvalue weighted by atomic mass is 10.0. The van der Waals surface area contributed by atoms with E-state index < -0.39 is 0 Å². The van der Waals surface area contributed by atoms with Gasteiger partial charge < -0.3 is 5.11 Å². The van der Waals surface area contributed by atoms with Crippen molar-refractivity contribution in [2.45, 2.75) is 32.9 Å². The molecule has 1 saturated heterocycles. The third-order valence-electron chi connectivity index (χ3n) is 3.77. The van der Waals surface area contributed by atoms with Gasteiger partial charge in [0.25, 0.3) is 0 Å². The van der Waals surface area contributed by atoms with Gasteiger partial charge in [-0.3, -0.25) is 4.90 Å². The van der Waals surface area contributed by atoms with Crippen LogP contribution in [0.15, 0.2) is 18.2 Å². The van der Waals surface area contributed by atoms with Gasteiger partial charge >= 0.3 is 0 Å². The van der Waals surface area contributed by atoms with Crippen molar-refractivity contribution in [1.82, 2.24) is 4.90 Å². The van der Waals surface area contributed by atoms with E-state index in [9.17, 15) is 5.11 Å². The predicted molar refractivity (Wildman–Crippen MR) is 71.3 cm³/mol. The zero-order valence-corrected chi connectivity index (χ0v) is 11.2. The number of likely N-dealkylation sites (tertiary alicyclic amines) is 1. The van der Waals surface area contributed by atoms with Gasteiger partial charge in [-0.15, -0.1) is 0 Å². The standard InChI is InChI=1S/C14H20ClNO/c1-10-3-4-12(13(15)7-10)8-16-6-5-11(2)14(16)9-17/h3-4,7,11,14,17H,5-6,8-9H2,1-2H3. The van der Waals surface area contributed by atoms with Gasteiger partial charge in [0.1, 0.15) is 0 Å². The van der Waals surface area contributed by atoms with E-state index in [2.05, 4.69) is 24.0 Å². The van der Waals surface area contributed by atoms with Crippen LogP contribution >= 0.6 is 11.6 Å². The Labute approximate surface area is 108 Å². The maximum Gasteiger partial charge on any atom is 0.0589 e. The van der Waals surface area contributed by atoms with Crippen LogP contribution in [0.2, 0.25) is 5.02 Å². The summed E-state index contributed by atoms with van der Waals surface area (Å²) in [5, 5.41) is 10.3. The van der Waals surface area contributed by atoms with Gasteiger partial charge in [0.2, 0.25) is 0 Å². The number of nitrogens with zero attached hydrogens (tertiary/aromatic N) is 1. The molecule has 0 bridgehead atoms. The molecule has 94 valence electrons. The Kier molecular flexibility index (Phi) is 4.08. The summed E-state index contributed by atoms with van der Waals surface area (Å²) in [7, 11) is 0. The molecule has 17 heavy (non-hydrogen) atoms. The third-order valence-corrected chi connectivity index (χ3v) is 4.12. The number of aryl methyl sites for hydroxylation is 1. The van der Waals surface area contributed by atoms with Crippen molar-refractivity contribution in [2.24, 2.45) is 5.92 Å². The first-order chi connectivity index (χ1) is 8.11. The van der Waals surface area contributed by atoms with Crippen molar-refractivity contribution in [3.63, 3.8) is 0 Å². The molecule has 2 atom stereocenters. The fourth-order valence-corrected chi connectivity index (χ4v) is 2.87. The largest absolute Gasteiger partial charge is 0.395 e. The molecule has 2 nitrogen and oxygen atoms in total. The number of halogens is 1. The molecular formula is C14H20ClNO. The molecular weight excluding hydrogens is 234 g/mol. The van der Waals surface area contributed by atoms with Crippen molar-refractivity contribution in [2.75, 3.05) is 13.2 Å². The van der Waals surface area contributed by atoms with Crippen LogP contribution in [0.1, 0.15) is 24.5 Å². The quantitative estimate of drug-likeness (QED) is 0.896. The Morgan fingerprint density at radius 2 is 2.24 bits per heavy atom. The Bertz CT molecular complexity index is 394. The highest BCUT2D eigenvalue weighted by Crippen LogP contribution is 2.27. The lowest BCUT2D eigenvalue weighted by Gasteiger charge is -2.25. The molecule has 0 aromatic heterocycles. The Balaban J connectivity index is 2.10. The van der Waals surface area contributed by atoms with E-state index in [1.807, 2.05) is 13.0 Å². The van der Waals surface area contributed by atoms with Gasteiger partial charge in [-0.1, -0.05) is 30.7 Å². The predicted octanol–water partition coefficient (Wildman–Crippen LogP) is 2.85. The zero-order chi connectivity index (χ0) is 12.4. The minimum atomic E-state index is 0.241. The normalized spacial score (nSPS) is 25.4. The molecule has 1 aliphatic heterocycles. The summed E-state index contributed by atoms with van der Waals surface area (Å²) in [5.74, 6) is 0.573. The van der Waals surface area contributed by atoms with Crippen LogP contribution in [0, 0.1) is 12.8 Å². The van der Waals surface area contributed by atoms with Crippen molar-refractivity contribution in [3.05, 3.63) is 34.3 Å². The second-order valence-corrected chi connectivity index (χ2v) is 5.49. The van der Waals surface area contributed by atoms with E-state index in [4.69, 9.17) is 11.6 Å². The van der Waals surface area contributed by atoms with Crippen molar-refractivity contribution in [3.8, 4) is 0 Å².